The summed E-state index contributed by atoms with van der Waals surface area (Å²) < 4.78 is 2.29. The van der Waals surface area contributed by atoms with Crippen LogP contribution in [-0.2, 0) is 5.41 Å². The van der Waals surface area contributed by atoms with Gasteiger partial charge < -0.3 is 0 Å². The Labute approximate surface area is 192 Å². The SMILES string of the molecule is CC(C)(C)c1ccc(-n2c(-c3ccccc3)nc3c4ccncc4c4cnccc4c32)cc1. The zero-order valence-corrected chi connectivity index (χ0v) is 18.9. The van der Waals surface area contributed by atoms with Crippen molar-refractivity contribution in [1.29, 1.82) is 0 Å². The minimum absolute atomic E-state index is 0.0966. The molecule has 0 aliphatic carbocycles. The maximum absolute atomic E-state index is 5.22. The number of fused-ring (bicyclic) bond motifs is 6. The molecule has 0 radical (unpaired) electrons. The summed E-state index contributed by atoms with van der Waals surface area (Å²) in [5.74, 6) is 0.927. The second kappa shape index (κ2) is 7.24. The zero-order valence-electron chi connectivity index (χ0n) is 18.9. The maximum Gasteiger partial charge on any atom is 0.145 e. The molecule has 33 heavy (non-hydrogen) atoms. The lowest BCUT2D eigenvalue weighted by Crippen LogP contribution is -2.11. The summed E-state index contributed by atoms with van der Waals surface area (Å²) in [4.78, 5) is 14.0. The predicted molar refractivity (Wildman–Crippen MR) is 136 cm³/mol. The zero-order chi connectivity index (χ0) is 22.6. The molecule has 4 nitrogen and oxygen atoms in total. The minimum atomic E-state index is 0.0966. The van der Waals surface area contributed by atoms with E-state index in [0.29, 0.717) is 0 Å². The Hall–Kier alpha value is -4.05. The fraction of sp³-hybridized carbons (Fsp3) is 0.138. The molecule has 0 unspecified atom stereocenters. The molecule has 4 heteroatoms. The highest BCUT2D eigenvalue weighted by Gasteiger charge is 2.21. The average Bonchev–Trinajstić information content (AvgIpc) is 3.25. The first kappa shape index (κ1) is 19.6. The van der Waals surface area contributed by atoms with E-state index in [1.54, 1.807) is 0 Å². The molecule has 0 aliphatic rings. The number of hydrogen-bond donors (Lipinski definition) is 0. The number of imidazole rings is 1. The number of nitrogens with zero attached hydrogens (tertiary/aromatic N) is 4. The van der Waals surface area contributed by atoms with Crippen LogP contribution in [0, 0.1) is 0 Å². The van der Waals surface area contributed by atoms with Crippen LogP contribution in [0.25, 0.3) is 49.7 Å². The molecule has 3 heterocycles. The van der Waals surface area contributed by atoms with Gasteiger partial charge in [-0.15, -0.1) is 0 Å². The van der Waals surface area contributed by atoms with Crippen LogP contribution in [0.3, 0.4) is 0 Å². The van der Waals surface area contributed by atoms with E-state index in [2.05, 4.69) is 96.0 Å². The second-order valence-corrected chi connectivity index (χ2v) is 9.47. The summed E-state index contributed by atoms with van der Waals surface area (Å²) >= 11 is 0. The number of aromatic nitrogens is 4. The Kier molecular flexibility index (Phi) is 4.31. The van der Waals surface area contributed by atoms with Gasteiger partial charge in [-0.05, 0) is 35.2 Å². The highest BCUT2D eigenvalue weighted by Crippen LogP contribution is 2.38. The molecule has 0 spiro atoms. The van der Waals surface area contributed by atoms with E-state index < -0.39 is 0 Å². The van der Waals surface area contributed by atoms with Gasteiger partial charge in [0.15, 0.2) is 0 Å². The molecule has 0 saturated heterocycles. The summed E-state index contributed by atoms with van der Waals surface area (Å²) in [7, 11) is 0. The van der Waals surface area contributed by atoms with Crippen molar-refractivity contribution in [2.24, 2.45) is 0 Å². The summed E-state index contributed by atoms with van der Waals surface area (Å²) in [6, 6.07) is 23.4. The van der Waals surface area contributed by atoms with Crippen LogP contribution in [0.2, 0.25) is 0 Å². The third-order valence-corrected chi connectivity index (χ3v) is 6.34. The van der Waals surface area contributed by atoms with Gasteiger partial charge in [0.1, 0.15) is 5.82 Å². The van der Waals surface area contributed by atoms with Gasteiger partial charge in [-0.1, -0.05) is 63.2 Å². The summed E-state index contributed by atoms with van der Waals surface area (Å²) in [6.45, 7) is 6.72. The van der Waals surface area contributed by atoms with Gasteiger partial charge in [0.25, 0.3) is 0 Å². The van der Waals surface area contributed by atoms with Crippen molar-refractivity contribution in [1.82, 2.24) is 19.5 Å². The molecule has 0 atom stereocenters. The Balaban J connectivity index is 1.78. The fourth-order valence-electron chi connectivity index (χ4n) is 4.63. The summed E-state index contributed by atoms with van der Waals surface area (Å²) in [6.07, 6.45) is 7.54. The molecule has 3 aromatic heterocycles. The van der Waals surface area contributed by atoms with Crippen LogP contribution in [0.4, 0.5) is 0 Å². The minimum Gasteiger partial charge on any atom is -0.292 e. The number of rotatable bonds is 2. The monoisotopic (exact) mass is 428 g/mol. The van der Waals surface area contributed by atoms with Gasteiger partial charge in [0, 0.05) is 57.6 Å². The third kappa shape index (κ3) is 3.10. The first-order chi connectivity index (χ1) is 16.0. The second-order valence-electron chi connectivity index (χ2n) is 9.47. The molecule has 0 bridgehead atoms. The van der Waals surface area contributed by atoms with Crippen LogP contribution in [0.1, 0.15) is 26.3 Å². The van der Waals surface area contributed by atoms with Crippen molar-refractivity contribution in [2.75, 3.05) is 0 Å². The van der Waals surface area contributed by atoms with Gasteiger partial charge in [-0.25, -0.2) is 4.98 Å². The van der Waals surface area contributed by atoms with Gasteiger partial charge >= 0.3 is 0 Å². The molecule has 6 rings (SSSR count). The molecule has 0 amide bonds. The molecular formula is C29H24N4. The van der Waals surface area contributed by atoms with Gasteiger partial charge in [-0.2, -0.15) is 0 Å². The molecule has 0 saturated carbocycles. The van der Waals surface area contributed by atoms with Crippen molar-refractivity contribution < 1.29 is 0 Å². The Bertz CT molecular complexity index is 1620. The van der Waals surface area contributed by atoms with E-state index in [0.717, 1.165) is 49.7 Å². The molecule has 6 aromatic rings. The molecule has 0 aliphatic heterocycles. The summed E-state index contributed by atoms with van der Waals surface area (Å²) in [5.41, 5.74) is 5.65. The Morgan fingerprint density at radius 2 is 1.30 bits per heavy atom. The Morgan fingerprint density at radius 1 is 0.667 bits per heavy atom. The van der Waals surface area contributed by atoms with E-state index in [9.17, 15) is 0 Å². The molecule has 3 aromatic carbocycles. The normalized spacial score (nSPS) is 12.1. The lowest BCUT2D eigenvalue weighted by atomic mass is 9.87. The van der Waals surface area contributed by atoms with Crippen LogP contribution in [0.15, 0.2) is 91.5 Å². The standard InChI is InChI=1S/C29H24N4/c1-29(2,3)20-9-11-21(12-10-20)33-27-23-14-16-31-18-25(23)24-17-30-15-13-22(24)26(27)32-28(33)19-7-5-4-6-8-19/h4-18H,1-3H3. The summed E-state index contributed by atoms with van der Waals surface area (Å²) in [5, 5.41) is 4.36. The van der Waals surface area contributed by atoms with E-state index >= 15 is 0 Å². The van der Waals surface area contributed by atoms with Gasteiger partial charge in [-0.3, -0.25) is 14.5 Å². The van der Waals surface area contributed by atoms with Crippen LogP contribution >= 0.6 is 0 Å². The number of pyridine rings is 2. The van der Waals surface area contributed by atoms with Crippen molar-refractivity contribution in [2.45, 2.75) is 26.2 Å². The lowest BCUT2D eigenvalue weighted by Gasteiger charge is -2.20. The van der Waals surface area contributed by atoms with Crippen LogP contribution < -0.4 is 0 Å². The maximum atomic E-state index is 5.22. The number of hydrogen-bond acceptors (Lipinski definition) is 3. The van der Waals surface area contributed by atoms with Crippen molar-refractivity contribution in [3.05, 3.63) is 97.1 Å². The smallest absolute Gasteiger partial charge is 0.145 e. The van der Waals surface area contributed by atoms with Gasteiger partial charge in [0.05, 0.1) is 11.0 Å². The molecule has 0 N–H and O–H groups in total. The largest absolute Gasteiger partial charge is 0.292 e. The van der Waals surface area contributed by atoms with Crippen molar-refractivity contribution >= 4 is 32.6 Å². The van der Waals surface area contributed by atoms with Crippen LogP contribution in [-0.4, -0.2) is 19.5 Å². The molecule has 160 valence electrons. The topological polar surface area (TPSA) is 43.6 Å². The Morgan fingerprint density at radius 3 is 1.97 bits per heavy atom. The van der Waals surface area contributed by atoms with E-state index in [4.69, 9.17) is 4.98 Å². The highest BCUT2D eigenvalue weighted by atomic mass is 15.1. The van der Waals surface area contributed by atoms with E-state index in [-0.39, 0.29) is 5.41 Å². The highest BCUT2D eigenvalue weighted by molar-refractivity contribution is 6.23. The van der Waals surface area contributed by atoms with Crippen molar-refractivity contribution in [3.8, 4) is 17.1 Å². The quantitative estimate of drug-likeness (QED) is 0.277. The van der Waals surface area contributed by atoms with E-state index in [1.165, 1.54) is 5.56 Å². The predicted octanol–water partition coefficient (Wildman–Crippen LogP) is 7.09. The third-order valence-electron chi connectivity index (χ3n) is 6.34. The lowest BCUT2D eigenvalue weighted by molar-refractivity contribution is 0.590. The molecular weight excluding hydrogens is 404 g/mol. The average molecular weight is 429 g/mol. The van der Waals surface area contributed by atoms with Gasteiger partial charge in [0.2, 0.25) is 0 Å². The molecule has 0 fully saturated rings. The van der Waals surface area contributed by atoms with E-state index in [1.807, 2.05) is 30.9 Å². The van der Waals surface area contributed by atoms with Crippen molar-refractivity contribution in [3.63, 3.8) is 0 Å². The first-order valence-electron chi connectivity index (χ1n) is 11.2. The first-order valence-corrected chi connectivity index (χ1v) is 11.2. The van der Waals surface area contributed by atoms with Crippen LogP contribution in [0.5, 0.6) is 0 Å². The number of benzene rings is 3. The fourth-order valence-corrected chi connectivity index (χ4v) is 4.63.